The summed E-state index contributed by atoms with van der Waals surface area (Å²) >= 11 is 0. The maximum Gasteiger partial charge on any atom is 0.269 e. The van der Waals surface area contributed by atoms with Gasteiger partial charge in [-0.3, -0.25) is 10.1 Å². The zero-order valence-electron chi connectivity index (χ0n) is 11.0. The van der Waals surface area contributed by atoms with Crippen molar-refractivity contribution in [3.63, 3.8) is 0 Å². The molecule has 6 heteroatoms. The smallest absolute Gasteiger partial charge is 0.269 e. The summed E-state index contributed by atoms with van der Waals surface area (Å²) in [6, 6.07) is 6.79. The number of piperidine rings is 1. The van der Waals surface area contributed by atoms with Gasteiger partial charge >= 0.3 is 0 Å². The maximum absolute atomic E-state index is 10.6. The number of hydrogen-bond acceptors (Lipinski definition) is 4. The first kappa shape index (κ1) is 12.7. The van der Waals surface area contributed by atoms with E-state index in [9.17, 15) is 10.1 Å². The number of nitrogens with one attached hydrogen (secondary N) is 1. The lowest BCUT2D eigenvalue weighted by Gasteiger charge is -2.33. The summed E-state index contributed by atoms with van der Waals surface area (Å²) < 4.78 is 0. The Labute approximate surface area is 116 Å². The van der Waals surface area contributed by atoms with E-state index in [-0.39, 0.29) is 10.6 Å². The van der Waals surface area contributed by atoms with E-state index in [0.717, 1.165) is 31.6 Å². The number of aromatic nitrogens is 2. The minimum Gasteiger partial charge on any atom is -0.371 e. The van der Waals surface area contributed by atoms with Gasteiger partial charge in [-0.15, -0.1) is 0 Å². The highest BCUT2D eigenvalue weighted by Crippen LogP contribution is 2.29. The molecular formula is C14H16N4O2. The first-order valence-electron chi connectivity index (χ1n) is 6.72. The largest absolute Gasteiger partial charge is 0.371 e. The molecule has 0 saturated carbocycles. The summed E-state index contributed by atoms with van der Waals surface area (Å²) in [7, 11) is 0. The van der Waals surface area contributed by atoms with Crippen LogP contribution in [0.4, 0.5) is 11.4 Å². The van der Waals surface area contributed by atoms with E-state index in [4.69, 9.17) is 0 Å². The Kier molecular flexibility index (Phi) is 3.37. The number of nitro benzene ring substituents is 1. The molecule has 0 spiro atoms. The van der Waals surface area contributed by atoms with Crippen molar-refractivity contribution in [3.05, 3.63) is 52.6 Å². The summed E-state index contributed by atoms with van der Waals surface area (Å²) in [5.74, 6) is 0.534. The summed E-state index contributed by atoms with van der Waals surface area (Å²) in [4.78, 5) is 19.8. The zero-order chi connectivity index (χ0) is 13.9. The van der Waals surface area contributed by atoms with Gasteiger partial charge in [0.1, 0.15) is 0 Å². The molecule has 1 N–H and O–H groups in total. The molecule has 104 valence electrons. The first-order valence-corrected chi connectivity index (χ1v) is 6.72. The first-order chi connectivity index (χ1) is 9.74. The van der Waals surface area contributed by atoms with Gasteiger partial charge in [-0.25, -0.2) is 4.98 Å². The zero-order valence-corrected chi connectivity index (χ0v) is 11.0. The van der Waals surface area contributed by atoms with E-state index in [1.54, 1.807) is 18.5 Å². The van der Waals surface area contributed by atoms with Crippen LogP contribution in [0.2, 0.25) is 0 Å². The van der Waals surface area contributed by atoms with Gasteiger partial charge in [-0.2, -0.15) is 0 Å². The number of benzene rings is 1. The van der Waals surface area contributed by atoms with Crippen molar-refractivity contribution in [2.24, 2.45) is 0 Å². The fourth-order valence-corrected chi connectivity index (χ4v) is 2.72. The Bertz CT molecular complexity index is 572. The molecule has 6 nitrogen and oxygen atoms in total. The summed E-state index contributed by atoms with van der Waals surface area (Å²) in [5.41, 5.74) is 2.40. The number of rotatable bonds is 3. The van der Waals surface area contributed by atoms with E-state index < -0.39 is 0 Å². The van der Waals surface area contributed by atoms with Crippen molar-refractivity contribution in [2.75, 3.05) is 18.0 Å². The second kappa shape index (κ2) is 5.32. The van der Waals surface area contributed by atoms with Crippen molar-refractivity contribution in [1.82, 2.24) is 9.97 Å². The van der Waals surface area contributed by atoms with Crippen molar-refractivity contribution >= 4 is 11.4 Å². The van der Waals surface area contributed by atoms with Gasteiger partial charge in [-0.05, 0) is 25.0 Å². The molecule has 3 rings (SSSR count). The van der Waals surface area contributed by atoms with Crippen molar-refractivity contribution in [2.45, 2.75) is 18.8 Å². The molecular weight excluding hydrogens is 256 g/mol. The van der Waals surface area contributed by atoms with Gasteiger partial charge in [0.25, 0.3) is 5.69 Å². The van der Waals surface area contributed by atoms with Crippen LogP contribution >= 0.6 is 0 Å². The van der Waals surface area contributed by atoms with Gasteiger partial charge in [0.2, 0.25) is 0 Å². The van der Waals surface area contributed by atoms with Crippen LogP contribution in [-0.2, 0) is 0 Å². The van der Waals surface area contributed by atoms with Crippen molar-refractivity contribution in [1.29, 1.82) is 0 Å². The standard InChI is InChI=1S/C14H16N4O2/c19-18(20)13-3-1-12(2-4-13)17-7-5-11(6-8-17)14-9-15-10-16-14/h1-4,9-11H,5-8H2,(H,15,16). The third kappa shape index (κ3) is 2.49. The van der Waals surface area contributed by atoms with Crippen molar-refractivity contribution in [3.8, 4) is 0 Å². The second-order valence-corrected chi connectivity index (χ2v) is 5.04. The fraction of sp³-hybridized carbons (Fsp3) is 0.357. The highest BCUT2D eigenvalue weighted by molar-refractivity contribution is 5.51. The van der Waals surface area contributed by atoms with Crippen LogP contribution in [0.3, 0.4) is 0 Å². The minimum absolute atomic E-state index is 0.140. The predicted octanol–water partition coefficient (Wildman–Crippen LogP) is 2.70. The average Bonchev–Trinajstić information content (AvgIpc) is 3.02. The number of nitrogens with zero attached hydrogens (tertiary/aromatic N) is 3. The van der Waals surface area contributed by atoms with Gasteiger partial charge in [0.05, 0.1) is 11.3 Å². The molecule has 2 aromatic rings. The van der Waals surface area contributed by atoms with E-state index in [1.807, 2.05) is 18.3 Å². The third-order valence-electron chi connectivity index (χ3n) is 3.88. The van der Waals surface area contributed by atoms with Crippen LogP contribution in [0.15, 0.2) is 36.8 Å². The SMILES string of the molecule is O=[N+]([O-])c1ccc(N2CCC(c3cnc[nH]3)CC2)cc1. The van der Waals surface area contributed by atoms with Crippen LogP contribution in [0, 0.1) is 10.1 Å². The number of aromatic amines is 1. The van der Waals surface area contributed by atoms with E-state index in [1.165, 1.54) is 5.69 Å². The molecule has 1 saturated heterocycles. The topological polar surface area (TPSA) is 75.1 Å². The predicted molar refractivity (Wildman–Crippen MR) is 75.9 cm³/mol. The van der Waals surface area contributed by atoms with Gasteiger partial charge in [0.15, 0.2) is 0 Å². The molecule has 2 heterocycles. The molecule has 0 bridgehead atoms. The molecule has 20 heavy (non-hydrogen) atoms. The number of anilines is 1. The minimum atomic E-state index is -0.367. The van der Waals surface area contributed by atoms with Gasteiger partial charge in [0, 0.05) is 48.7 Å². The number of imidazole rings is 1. The number of nitro groups is 1. The van der Waals surface area contributed by atoms with Gasteiger partial charge < -0.3 is 9.88 Å². The molecule has 0 unspecified atom stereocenters. The number of hydrogen-bond donors (Lipinski definition) is 1. The molecule has 0 radical (unpaired) electrons. The summed E-state index contributed by atoms with van der Waals surface area (Å²) in [6.07, 6.45) is 5.75. The lowest BCUT2D eigenvalue weighted by molar-refractivity contribution is -0.384. The Morgan fingerprint density at radius 1 is 1.25 bits per heavy atom. The lowest BCUT2D eigenvalue weighted by atomic mass is 9.94. The van der Waals surface area contributed by atoms with Crippen molar-refractivity contribution < 1.29 is 4.92 Å². The molecule has 1 fully saturated rings. The molecule has 1 aliphatic heterocycles. The number of H-pyrrole nitrogens is 1. The highest BCUT2D eigenvalue weighted by Gasteiger charge is 2.21. The lowest BCUT2D eigenvalue weighted by Crippen LogP contribution is -2.32. The van der Waals surface area contributed by atoms with Crippen LogP contribution in [-0.4, -0.2) is 28.0 Å². The van der Waals surface area contributed by atoms with E-state index in [2.05, 4.69) is 14.9 Å². The van der Waals surface area contributed by atoms with Gasteiger partial charge in [-0.1, -0.05) is 0 Å². The monoisotopic (exact) mass is 272 g/mol. The molecule has 0 aliphatic carbocycles. The normalized spacial score (nSPS) is 16.3. The van der Waals surface area contributed by atoms with Crippen LogP contribution in [0.1, 0.15) is 24.5 Å². The quantitative estimate of drug-likeness (QED) is 0.688. The van der Waals surface area contributed by atoms with Crippen LogP contribution < -0.4 is 4.90 Å². The Morgan fingerprint density at radius 2 is 1.95 bits per heavy atom. The molecule has 1 aromatic heterocycles. The maximum atomic E-state index is 10.6. The number of non-ortho nitro benzene ring substituents is 1. The molecule has 0 amide bonds. The van der Waals surface area contributed by atoms with E-state index in [0.29, 0.717) is 5.92 Å². The van der Waals surface area contributed by atoms with Crippen LogP contribution in [0.25, 0.3) is 0 Å². The Morgan fingerprint density at radius 3 is 2.50 bits per heavy atom. The summed E-state index contributed by atoms with van der Waals surface area (Å²) in [5, 5.41) is 10.6. The molecule has 1 aromatic carbocycles. The molecule has 0 atom stereocenters. The third-order valence-corrected chi connectivity index (χ3v) is 3.88. The Balaban J connectivity index is 1.64. The summed E-state index contributed by atoms with van der Waals surface area (Å²) in [6.45, 7) is 1.92. The molecule has 1 aliphatic rings. The van der Waals surface area contributed by atoms with Crippen LogP contribution in [0.5, 0.6) is 0 Å². The average molecular weight is 272 g/mol. The second-order valence-electron chi connectivity index (χ2n) is 5.04. The highest BCUT2D eigenvalue weighted by atomic mass is 16.6. The van der Waals surface area contributed by atoms with E-state index >= 15 is 0 Å². The Hall–Kier alpha value is -2.37. The fourth-order valence-electron chi connectivity index (χ4n) is 2.72.